The number of piperidine rings is 1. The zero-order chi connectivity index (χ0) is 28.0. The Hall–Kier alpha value is -3.51. The quantitative estimate of drug-likeness (QED) is 0.266. The highest BCUT2D eigenvalue weighted by molar-refractivity contribution is 14.0. The predicted molar refractivity (Wildman–Crippen MR) is 160 cm³/mol. The summed E-state index contributed by atoms with van der Waals surface area (Å²) in [6, 6.07) is 18.5. The number of nitrogens with one attached hydrogen (secondary N) is 2. The monoisotopic (exact) mass is 661 g/mol. The van der Waals surface area contributed by atoms with Gasteiger partial charge in [0.2, 0.25) is 5.91 Å². The number of ether oxygens (including phenoxy) is 1. The second-order valence-corrected chi connectivity index (χ2v) is 10.4. The average molecular weight is 662 g/mol. The lowest BCUT2D eigenvalue weighted by Gasteiger charge is -2.36. The fourth-order valence-corrected chi connectivity index (χ4v) is 4.60. The van der Waals surface area contributed by atoms with Gasteiger partial charge in [-0.15, -0.1) is 24.0 Å². The molecule has 0 unspecified atom stereocenters. The summed E-state index contributed by atoms with van der Waals surface area (Å²) in [5.41, 5.74) is 2.77. The SMILES string of the molecule is C[N+]1(C)CCC(OC(=O)Nc2ccc(CCC(=O)Nc3ccc(C(=O)[O-])c(F)c3)cc2-c2ccccc2)CC1.I. The van der Waals surface area contributed by atoms with Gasteiger partial charge in [0.25, 0.3) is 0 Å². The third-order valence-corrected chi connectivity index (χ3v) is 6.91. The highest BCUT2D eigenvalue weighted by atomic mass is 127. The van der Waals surface area contributed by atoms with E-state index in [1.165, 1.54) is 6.07 Å². The Bertz CT molecular complexity index is 1360. The third-order valence-electron chi connectivity index (χ3n) is 6.91. The van der Waals surface area contributed by atoms with Crippen molar-refractivity contribution in [3.05, 3.63) is 83.7 Å². The maximum absolute atomic E-state index is 13.9. The number of halogens is 2. The number of carboxylic acids is 1. The lowest BCUT2D eigenvalue weighted by atomic mass is 9.99. The molecule has 212 valence electrons. The van der Waals surface area contributed by atoms with E-state index in [-0.39, 0.29) is 48.1 Å². The van der Waals surface area contributed by atoms with E-state index in [0.29, 0.717) is 12.1 Å². The molecule has 40 heavy (non-hydrogen) atoms. The maximum atomic E-state index is 13.9. The fourth-order valence-electron chi connectivity index (χ4n) is 4.60. The molecule has 1 heterocycles. The number of hydrogen-bond acceptors (Lipinski definition) is 5. The van der Waals surface area contributed by atoms with Crippen molar-refractivity contribution in [3.8, 4) is 11.1 Å². The van der Waals surface area contributed by atoms with E-state index < -0.39 is 23.4 Å². The van der Waals surface area contributed by atoms with E-state index in [4.69, 9.17) is 4.74 Å². The molecule has 4 rings (SSSR count). The van der Waals surface area contributed by atoms with Gasteiger partial charge in [-0.1, -0.05) is 36.4 Å². The van der Waals surface area contributed by atoms with Crippen LogP contribution >= 0.6 is 24.0 Å². The van der Waals surface area contributed by atoms with Crippen LogP contribution in [0.2, 0.25) is 0 Å². The van der Waals surface area contributed by atoms with Crippen molar-refractivity contribution >= 4 is 53.3 Å². The Labute approximate surface area is 250 Å². The van der Waals surface area contributed by atoms with Crippen LogP contribution in [-0.2, 0) is 16.0 Å². The summed E-state index contributed by atoms with van der Waals surface area (Å²) in [6.45, 7) is 1.91. The molecule has 2 N–H and O–H groups in total. The highest BCUT2D eigenvalue weighted by Crippen LogP contribution is 2.30. The first-order valence-electron chi connectivity index (χ1n) is 12.9. The van der Waals surface area contributed by atoms with Gasteiger partial charge in [0.1, 0.15) is 11.9 Å². The van der Waals surface area contributed by atoms with Gasteiger partial charge in [-0.25, -0.2) is 9.18 Å². The summed E-state index contributed by atoms with van der Waals surface area (Å²) >= 11 is 0. The van der Waals surface area contributed by atoms with Crippen LogP contribution in [0.1, 0.15) is 35.2 Å². The molecule has 0 atom stereocenters. The molecule has 1 aliphatic heterocycles. The van der Waals surface area contributed by atoms with Gasteiger partial charge in [-0.05, 0) is 47.9 Å². The average Bonchev–Trinajstić information content (AvgIpc) is 2.89. The third kappa shape index (κ3) is 8.49. The van der Waals surface area contributed by atoms with Gasteiger partial charge in [0.05, 0.1) is 38.8 Å². The number of rotatable bonds is 8. The predicted octanol–water partition coefficient (Wildman–Crippen LogP) is 4.83. The smallest absolute Gasteiger partial charge is 0.411 e. The molecule has 0 saturated carbocycles. The Kier molecular flexibility index (Phi) is 10.6. The molecule has 1 aliphatic rings. The molecule has 0 aromatic heterocycles. The fraction of sp³-hybridized carbons (Fsp3) is 0.300. The van der Waals surface area contributed by atoms with Gasteiger partial charge in [0, 0.05) is 36.1 Å². The Morgan fingerprint density at radius 1 is 0.975 bits per heavy atom. The number of carbonyl (C=O) groups is 3. The molecule has 1 fully saturated rings. The van der Waals surface area contributed by atoms with Crippen LogP contribution in [0.4, 0.5) is 20.6 Å². The summed E-state index contributed by atoms with van der Waals surface area (Å²) in [4.78, 5) is 36.1. The molecule has 10 heteroatoms. The van der Waals surface area contributed by atoms with E-state index in [1.54, 1.807) is 6.07 Å². The second-order valence-electron chi connectivity index (χ2n) is 10.4. The van der Waals surface area contributed by atoms with Gasteiger partial charge >= 0.3 is 6.09 Å². The largest absolute Gasteiger partial charge is 0.545 e. The van der Waals surface area contributed by atoms with Gasteiger partial charge in [-0.2, -0.15) is 0 Å². The van der Waals surface area contributed by atoms with E-state index in [2.05, 4.69) is 24.7 Å². The number of quaternary nitrogens is 1. The van der Waals surface area contributed by atoms with Crippen molar-refractivity contribution in [1.82, 2.24) is 0 Å². The van der Waals surface area contributed by atoms with Crippen LogP contribution in [0.15, 0.2) is 66.7 Å². The molecule has 2 amide bonds. The standard InChI is InChI=1S/C30H32FN3O5.HI/c1-34(2)16-14-23(15-17-34)39-30(38)33-27-12-8-20(18-25(27)21-6-4-3-5-7-21)9-13-28(35)32-22-10-11-24(29(36)37)26(31)19-22;/h3-8,10-12,18-19,23H,9,13-17H2,1-2H3,(H2-,32,33,35,36,37,38);1H. The Balaban J connectivity index is 0.00000441. The van der Waals surface area contributed by atoms with Crippen LogP contribution in [0.25, 0.3) is 11.1 Å². The number of amides is 2. The van der Waals surface area contributed by atoms with Crippen LogP contribution < -0.4 is 15.7 Å². The number of anilines is 2. The van der Waals surface area contributed by atoms with E-state index in [1.807, 2.05) is 42.5 Å². The van der Waals surface area contributed by atoms with Crippen LogP contribution in [-0.4, -0.2) is 55.7 Å². The van der Waals surface area contributed by atoms with E-state index in [9.17, 15) is 23.9 Å². The Morgan fingerprint density at radius 3 is 2.33 bits per heavy atom. The number of benzene rings is 3. The zero-order valence-corrected chi connectivity index (χ0v) is 24.8. The topological polar surface area (TPSA) is 108 Å². The summed E-state index contributed by atoms with van der Waals surface area (Å²) in [7, 11) is 4.34. The molecule has 0 aliphatic carbocycles. The summed E-state index contributed by atoms with van der Waals surface area (Å²) in [5, 5.41) is 16.3. The summed E-state index contributed by atoms with van der Waals surface area (Å²) < 4.78 is 20.5. The number of nitrogens with zero attached hydrogens (tertiary/aromatic N) is 1. The first-order valence-corrected chi connectivity index (χ1v) is 12.9. The van der Waals surface area contributed by atoms with Crippen LogP contribution in [0.3, 0.4) is 0 Å². The lowest BCUT2D eigenvalue weighted by Crippen LogP contribution is -2.48. The van der Waals surface area contributed by atoms with Gasteiger partial charge in [-0.3, -0.25) is 10.1 Å². The molecular weight excluding hydrogens is 628 g/mol. The summed E-state index contributed by atoms with van der Waals surface area (Å²) in [6.07, 6.45) is 1.55. The second kappa shape index (κ2) is 13.7. The van der Waals surface area contributed by atoms with Gasteiger partial charge < -0.3 is 24.4 Å². The summed E-state index contributed by atoms with van der Waals surface area (Å²) in [5.74, 6) is -2.95. The van der Waals surface area contributed by atoms with Crippen molar-refractivity contribution in [2.24, 2.45) is 0 Å². The van der Waals surface area contributed by atoms with Crippen LogP contribution in [0, 0.1) is 5.82 Å². The van der Waals surface area contributed by atoms with Crippen molar-refractivity contribution in [2.75, 3.05) is 37.8 Å². The maximum Gasteiger partial charge on any atom is 0.411 e. The molecule has 0 spiro atoms. The first kappa shape index (κ1) is 31.0. The van der Waals surface area contributed by atoms with E-state index >= 15 is 0 Å². The number of aryl methyl sites for hydroxylation is 1. The number of carbonyl (C=O) groups excluding carboxylic acids is 3. The van der Waals surface area contributed by atoms with Gasteiger partial charge in [0.15, 0.2) is 0 Å². The molecule has 1 saturated heterocycles. The molecule has 3 aromatic carbocycles. The molecule has 8 nitrogen and oxygen atoms in total. The number of carboxylic acid groups (broad SMARTS) is 1. The van der Waals surface area contributed by atoms with Crippen molar-refractivity contribution in [1.29, 1.82) is 0 Å². The lowest BCUT2D eigenvalue weighted by molar-refractivity contribution is -0.896. The van der Waals surface area contributed by atoms with Crippen molar-refractivity contribution < 1.29 is 33.1 Å². The molecule has 0 bridgehead atoms. The molecular formula is C30H33FIN3O5. The number of aromatic carboxylic acids is 1. The number of hydrogen-bond donors (Lipinski definition) is 2. The zero-order valence-electron chi connectivity index (χ0n) is 22.4. The first-order chi connectivity index (χ1) is 18.6. The van der Waals surface area contributed by atoms with E-state index in [0.717, 1.165) is 59.2 Å². The minimum absolute atomic E-state index is 0. The highest BCUT2D eigenvalue weighted by Gasteiger charge is 2.28. The van der Waals surface area contributed by atoms with Crippen molar-refractivity contribution in [3.63, 3.8) is 0 Å². The molecule has 0 radical (unpaired) electrons. The van der Waals surface area contributed by atoms with Crippen molar-refractivity contribution in [2.45, 2.75) is 31.8 Å². The van der Waals surface area contributed by atoms with Crippen LogP contribution in [0.5, 0.6) is 0 Å². The molecule has 3 aromatic rings. The Morgan fingerprint density at radius 2 is 1.68 bits per heavy atom. The number of likely N-dealkylation sites (tertiary alicyclic amines) is 1. The normalized spacial score (nSPS) is 14.5. The minimum Gasteiger partial charge on any atom is -0.545 e. The minimum atomic E-state index is -1.62.